The maximum Gasteiger partial charge on any atom is 0.0709 e. The molecule has 0 aromatic carbocycles. The highest BCUT2D eigenvalue weighted by Crippen LogP contribution is 2.10. The van der Waals surface area contributed by atoms with E-state index >= 15 is 0 Å². The molecule has 1 heterocycles. The van der Waals surface area contributed by atoms with Crippen molar-refractivity contribution in [1.82, 2.24) is 10.2 Å². The van der Waals surface area contributed by atoms with E-state index in [1.807, 2.05) is 0 Å². The van der Waals surface area contributed by atoms with Crippen molar-refractivity contribution in [1.29, 1.82) is 0 Å². The zero-order chi connectivity index (χ0) is 10.4. The molecule has 0 bridgehead atoms. The van der Waals surface area contributed by atoms with Crippen LogP contribution in [-0.4, -0.2) is 36.6 Å². The summed E-state index contributed by atoms with van der Waals surface area (Å²) in [5.74, 6) is 2.87. The van der Waals surface area contributed by atoms with Crippen LogP contribution in [0.2, 0.25) is 0 Å². The van der Waals surface area contributed by atoms with Gasteiger partial charge >= 0.3 is 0 Å². The van der Waals surface area contributed by atoms with Gasteiger partial charge in [0.2, 0.25) is 0 Å². The molecular formula is C12H22N2. The van der Waals surface area contributed by atoms with Crippen molar-refractivity contribution < 1.29 is 0 Å². The number of rotatable bonds is 5. The summed E-state index contributed by atoms with van der Waals surface area (Å²) in [5.41, 5.74) is 0. The highest BCUT2D eigenvalue weighted by Gasteiger charge is 2.20. The van der Waals surface area contributed by atoms with Gasteiger partial charge in [-0.3, -0.25) is 4.90 Å². The molecule has 0 spiro atoms. The number of nitrogens with one attached hydrogen (secondary N) is 1. The van der Waals surface area contributed by atoms with E-state index in [4.69, 9.17) is 6.42 Å². The van der Waals surface area contributed by atoms with Crippen LogP contribution in [0, 0.1) is 12.3 Å². The van der Waals surface area contributed by atoms with E-state index < -0.39 is 0 Å². The summed E-state index contributed by atoms with van der Waals surface area (Å²) in [7, 11) is 0. The summed E-state index contributed by atoms with van der Waals surface area (Å²) in [4.78, 5) is 2.41. The summed E-state index contributed by atoms with van der Waals surface area (Å²) in [6.45, 7) is 7.69. The minimum absolute atomic E-state index is 0.322. The maximum absolute atomic E-state index is 5.52. The molecule has 0 aliphatic carbocycles. The molecule has 0 amide bonds. The lowest BCUT2D eigenvalue weighted by Crippen LogP contribution is -2.42. The molecule has 80 valence electrons. The largest absolute Gasteiger partial charge is 0.313 e. The lowest BCUT2D eigenvalue weighted by molar-refractivity contribution is 0.221. The average Bonchev–Trinajstić information content (AvgIpc) is 2.70. The first kappa shape index (κ1) is 11.6. The van der Waals surface area contributed by atoms with E-state index in [2.05, 4.69) is 30.0 Å². The average molecular weight is 194 g/mol. The highest BCUT2D eigenvalue weighted by molar-refractivity contribution is 5.00. The van der Waals surface area contributed by atoms with Crippen LogP contribution < -0.4 is 5.32 Å². The summed E-state index contributed by atoms with van der Waals surface area (Å²) in [5, 5.41) is 3.51. The predicted molar refractivity (Wildman–Crippen MR) is 61.2 cm³/mol. The molecule has 2 heteroatoms. The molecule has 1 rings (SSSR count). The second-order valence-corrected chi connectivity index (χ2v) is 3.97. The molecule has 1 aliphatic heterocycles. The van der Waals surface area contributed by atoms with E-state index in [0.717, 1.165) is 19.5 Å². The highest BCUT2D eigenvalue weighted by atomic mass is 15.2. The minimum Gasteiger partial charge on any atom is -0.313 e. The van der Waals surface area contributed by atoms with Crippen LogP contribution in [0.4, 0.5) is 0 Å². The fraction of sp³-hybridized carbons (Fsp3) is 0.833. The number of terminal acetylenes is 1. The molecule has 1 aliphatic rings. The summed E-state index contributed by atoms with van der Waals surface area (Å²) in [6, 6.07) is 0.986. The molecule has 2 nitrogen and oxygen atoms in total. The molecule has 0 saturated carbocycles. The summed E-state index contributed by atoms with van der Waals surface area (Å²) < 4.78 is 0. The quantitative estimate of drug-likeness (QED) is 0.667. The number of nitrogens with zero attached hydrogens (tertiary/aromatic N) is 1. The van der Waals surface area contributed by atoms with Gasteiger partial charge in [-0.25, -0.2) is 0 Å². The van der Waals surface area contributed by atoms with Gasteiger partial charge in [0.05, 0.1) is 6.04 Å². The van der Waals surface area contributed by atoms with Gasteiger partial charge in [-0.05, 0) is 32.4 Å². The Kier molecular flexibility index (Phi) is 5.00. The monoisotopic (exact) mass is 194 g/mol. The molecule has 0 radical (unpaired) electrons. The van der Waals surface area contributed by atoms with Crippen LogP contribution in [0.5, 0.6) is 0 Å². The van der Waals surface area contributed by atoms with Crippen molar-refractivity contribution in [3.63, 3.8) is 0 Å². The number of hydrogen-bond donors (Lipinski definition) is 1. The fourth-order valence-electron chi connectivity index (χ4n) is 2.15. The molecule has 14 heavy (non-hydrogen) atoms. The minimum atomic E-state index is 0.322. The summed E-state index contributed by atoms with van der Waals surface area (Å²) in [6.07, 6.45) is 9.19. The topological polar surface area (TPSA) is 15.3 Å². The first-order valence-corrected chi connectivity index (χ1v) is 5.75. The molecule has 0 aromatic heterocycles. The van der Waals surface area contributed by atoms with Gasteiger partial charge < -0.3 is 5.32 Å². The van der Waals surface area contributed by atoms with Gasteiger partial charge in [0.1, 0.15) is 0 Å². The van der Waals surface area contributed by atoms with Gasteiger partial charge in [-0.15, -0.1) is 6.42 Å². The molecule has 1 N–H and O–H groups in total. The third kappa shape index (κ3) is 3.01. The third-order valence-corrected chi connectivity index (χ3v) is 3.04. The van der Waals surface area contributed by atoms with Gasteiger partial charge in [0.15, 0.2) is 0 Å². The first-order valence-electron chi connectivity index (χ1n) is 5.75. The maximum atomic E-state index is 5.52. The zero-order valence-corrected chi connectivity index (χ0v) is 9.42. The third-order valence-electron chi connectivity index (χ3n) is 3.04. The Morgan fingerprint density at radius 1 is 1.57 bits per heavy atom. The van der Waals surface area contributed by atoms with E-state index in [1.54, 1.807) is 0 Å². The molecule has 1 fully saturated rings. The van der Waals surface area contributed by atoms with Crippen molar-refractivity contribution in [2.75, 3.05) is 19.6 Å². The first-order chi connectivity index (χ1) is 6.81. The van der Waals surface area contributed by atoms with Gasteiger partial charge in [0.25, 0.3) is 0 Å². The smallest absolute Gasteiger partial charge is 0.0709 e. The Labute approximate surface area is 88.1 Å². The molecule has 2 unspecified atom stereocenters. The second kappa shape index (κ2) is 6.06. The Balaban J connectivity index is 2.40. The lowest BCUT2D eigenvalue weighted by Gasteiger charge is -2.28. The lowest BCUT2D eigenvalue weighted by atomic mass is 10.1. The Bertz CT molecular complexity index is 189. The van der Waals surface area contributed by atoms with Crippen molar-refractivity contribution in [2.24, 2.45) is 0 Å². The summed E-state index contributed by atoms with van der Waals surface area (Å²) >= 11 is 0. The molecule has 1 saturated heterocycles. The van der Waals surface area contributed by atoms with Crippen LogP contribution in [-0.2, 0) is 0 Å². The Morgan fingerprint density at radius 2 is 2.36 bits per heavy atom. The number of likely N-dealkylation sites (N-methyl/N-ethyl adjacent to an activating group) is 1. The molecule has 0 aromatic rings. The predicted octanol–water partition coefficient (Wildman–Crippen LogP) is 1.47. The fourth-order valence-corrected chi connectivity index (χ4v) is 2.15. The van der Waals surface area contributed by atoms with Crippen LogP contribution >= 0.6 is 0 Å². The van der Waals surface area contributed by atoms with E-state index in [1.165, 1.54) is 19.4 Å². The normalized spacial score (nSPS) is 23.7. The standard InChI is InChI=1S/C12H22N2/c1-4-12(5-2)14(6-3)10-11-8-7-9-13-11/h1,11-13H,5-10H2,2-3H3. The Morgan fingerprint density at radius 3 is 2.79 bits per heavy atom. The van der Waals surface area contributed by atoms with Crippen molar-refractivity contribution in [3.8, 4) is 12.3 Å². The van der Waals surface area contributed by atoms with Gasteiger partial charge in [0, 0.05) is 12.6 Å². The van der Waals surface area contributed by atoms with Crippen LogP contribution in [0.15, 0.2) is 0 Å². The zero-order valence-electron chi connectivity index (χ0n) is 9.42. The van der Waals surface area contributed by atoms with Crippen molar-refractivity contribution >= 4 is 0 Å². The van der Waals surface area contributed by atoms with E-state index in [-0.39, 0.29) is 0 Å². The van der Waals surface area contributed by atoms with Gasteiger partial charge in [-0.1, -0.05) is 19.8 Å². The van der Waals surface area contributed by atoms with E-state index in [9.17, 15) is 0 Å². The van der Waals surface area contributed by atoms with E-state index in [0.29, 0.717) is 12.1 Å². The molecule has 2 atom stereocenters. The SMILES string of the molecule is C#CC(CC)N(CC)CC1CCCN1. The van der Waals surface area contributed by atoms with Crippen LogP contribution in [0.1, 0.15) is 33.1 Å². The second-order valence-electron chi connectivity index (χ2n) is 3.97. The number of hydrogen-bond acceptors (Lipinski definition) is 2. The van der Waals surface area contributed by atoms with Gasteiger partial charge in [-0.2, -0.15) is 0 Å². The molecular weight excluding hydrogens is 172 g/mol. The van der Waals surface area contributed by atoms with Crippen molar-refractivity contribution in [2.45, 2.75) is 45.2 Å². The van der Waals surface area contributed by atoms with Crippen molar-refractivity contribution in [3.05, 3.63) is 0 Å². The Hall–Kier alpha value is -0.520. The van der Waals surface area contributed by atoms with Crippen LogP contribution in [0.25, 0.3) is 0 Å². The van der Waals surface area contributed by atoms with Crippen LogP contribution in [0.3, 0.4) is 0 Å².